The quantitative estimate of drug-likeness (QED) is 0.828. The number of hydrogen-bond acceptors (Lipinski definition) is 3. The minimum Gasteiger partial charge on any atom is -0.381 e. The van der Waals surface area contributed by atoms with Gasteiger partial charge in [0.2, 0.25) is 0 Å². The third kappa shape index (κ3) is 3.07. The first-order valence-corrected chi connectivity index (χ1v) is 6.85. The molecule has 3 nitrogen and oxygen atoms in total. The van der Waals surface area contributed by atoms with Crippen molar-refractivity contribution < 1.29 is 9.53 Å². The van der Waals surface area contributed by atoms with E-state index in [2.05, 4.69) is 6.92 Å². The first-order chi connectivity index (χ1) is 8.11. The highest BCUT2D eigenvalue weighted by atomic mass is 32.1. The molecular formula is C13H19NO2S. The molecule has 1 fully saturated rings. The molecule has 0 unspecified atom stereocenters. The maximum absolute atomic E-state index is 12.1. The number of amides is 1. The summed E-state index contributed by atoms with van der Waals surface area (Å²) in [5.74, 6) is 0.132. The van der Waals surface area contributed by atoms with Crippen molar-refractivity contribution >= 4 is 17.2 Å². The first-order valence-electron chi connectivity index (χ1n) is 5.97. The average molecular weight is 253 g/mol. The Balaban J connectivity index is 1.96. The van der Waals surface area contributed by atoms with Crippen LogP contribution in [0.15, 0.2) is 17.5 Å². The molecule has 1 aliphatic rings. The number of carbonyl (C=O) groups is 1. The molecule has 0 radical (unpaired) electrons. The molecule has 1 amide bonds. The molecule has 0 spiro atoms. The molecule has 0 aromatic carbocycles. The summed E-state index contributed by atoms with van der Waals surface area (Å²) < 4.78 is 5.38. The summed E-state index contributed by atoms with van der Waals surface area (Å²) in [4.78, 5) is 14.8. The molecule has 0 N–H and O–H groups in total. The number of carbonyl (C=O) groups excluding carboxylic acids is 1. The van der Waals surface area contributed by atoms with Crippen LogP contribution in [-0.4, -0.2) is 37.6 Å². The maximum atomic E-state index is 12.1. The average Bonchev–Trinajstić information content (AvgIpc) is 2.81. The van der Waals surface area contributed by atoms with Gasteiger partial charge in [-0.15, -0.1) is 11.3 Å². The molecule has 94 valence electrons. The van der Waals surface area contributed by atoms with E-state index in [0.29, 0.717) is 0 Å². The van der Waals surface area contributed by atoms with E-state index in [4.69, 9.17) is 4.74 Å². The lowest BCUT2D eigenvalue weighted by Crippen LogP contribution is -2.40. The Morgan fingerprint density at radius 3 is 2.82 bits per heavy atom. The molecule has 1 aromatic heterocycles. The van der Waals surface area contributed by atoms with Crippen LogP contribution in [0.1, 0.15) is 29.4 Å². The fraction of sp³-hybridized carbons (Fsp3) is 0.615. The normalized spacial score (nSPS) is 18.9. The summed E-state index contributed by atoms with van der Waals surface area (Å²) in [5, 5.41) is 1.94. The number of hydrogen-bond donors (Lipinski definition) is 0. The predicted octanol–water partition coefficient (Wildman–Crippen LogP) is 2.64. The summed E-state index contributed by atoms with van der Waals surface area (Å²) in [7, 11) is 1.89. The van der Waals surface area contributed by atoms with Gasteiger partial charge in [0, 0.05) is 26.8 Å². The van der Waals surface area contributed by atoms with Gasteiger partial charge in [0.25, 0.3) is 5.91 Å². The number of thiophene rings is 1. The molecule has 1 aliphatic heterocycles. The summed E-state index contributed by atoms with van der Waals surface area (Å²) in [6.07, 6.45) is 2.07. The lowest BCUT2D eigenvalue weighted by molar-refractivity contribution is 0.00926. The van der Waals surface area contributed by atoms with Gasteiger partial charge in [-0.2, -0.15) is 0 Å². The van der Waals surface area contributed by atoms with E-state index in [1.807, 2.05) is 29.5 Å². The summed E-state index contributed by atoms with van der Waals surface area (Å²) in [6.45, 7) is 4.69. The van der Waals surface area contributed by atoms with Gasteiger partial charge < -0.3 is 9.64 Å². The van der Waals surface area contributed by atoms with E-state index < -0.39 is 0 Å². The monoisotopic (exact) mass is 253 g/mol. The number of rotatable bonds is 3. The molecule has 0 bridgehead atoms. The van der Waals surface area contributed by atoms with Crippen molar-refractivity contribution in [2.24, 2.45) is 5.41 Å². The number of nitrogens with zero attached hydrogens (tertiary/aromatic N) is 1. The van der Waals surface area contributed by atoms with Crippen LogP contribution in [0, 0.1) is 5.41 Å². The lowest BCUT2D eigenvalue weighted by atomic mass is 9.82. The van der Waals surface area contributed by atoms with Crippen molar-refractivity contribution in [3.8, 4) is 0 Å². The lowest BCUT2D eigenvalue weighted by Gasteiger charge is -2.36. The Kier molecular flexibility index (Phi) is 3.84. The highest BCUT2D eigenvalue weighted by molar-refractivity contribution is 7.12. The highest BCUT2D eigenvalue weighted by Crippen LogP contribution is 2.30. The van der Waals surface area contributed by atoms with Crippen LogP contribution < -0.4 is 0 Å². The van der Waals surface area contributed by atoms with Crippen LogP contribution in [-0.2, 0) is 4.74 Å². The molecule has 1 aromatic rings. The summed E-state index contributed by atoms with van der Waals surface area (Å²) in [5.41, 5.74) is 0.208. The highest BCUT2D eigenvalue weighted by Gasteiger charge is 2.30. The standard InChI is InChI=1S/C13H19NO2S/c1-13(5-7-16-8-6-13)10-14(2)12(15)11-4-3-9-17-11/h3-4,9H,5-8,10H2,1-2H3. The molecule has 2 rings (SSSR count). The molecule has 0 saturated carbocycles. The van der Waals surface area contributed by atoms with Crippen molar-refractivity contribution in [2.45, 2.75) is 19.8 Å². The molecule has 17 heavy (non-hydrogen) atoms. The first kappa shape index (κ1) is 12.6. The van der Waals surface area contributed by atoms with E-state index in [1.165, 1.54) is 11.3 Å². The fourth-order valence-corrected chi connectivity index (χ4v) is 2.97. The van der Waals surface area contributed by atoms with Gasteiger partial charge in [0.1, 0.15) is 0 Å². The van der Waals surface area contributed by atoms with Crippen LogP contribution >= 0.6 is 11.3 Å². The SMILES string of the molecule is CN(CC1(C)CCOCC1)C(=O)c1cccs1. The third-order valence-corrected chi connectivity index (χ3v) is 4.26. The Bertz CT molecular complexity index is 369. The van der Waals surface area contributed by atoms with Crippen molar-refractivity contribution in [3.05, 3.63) is 22.4 Å². The van der Waals surface area contributed by atoms with Crippen molar-refractivity contribution in [1.82, 2.24) is 4.90 Å². The van der Waals surface area contributed by atoms with Gasteiger partial charge in [-0.25, -0.2) is 0 Å². The summed E-state index contributed by atoms with van der Waals surface area (Å²) in [6, 6.07) is 3.80. The van der Waals surface area contributed by atoms with Crippen LogP contribution in [0.5, 0.6) is 0 Å². The van der Waals surface area contributed by atoms with Crippen molar-refractivity contribution in [2.75, 3.05) is 26.8 Å². The topological polar surface area (TPSA) is 29.5 Å². The van der Waals surface area contributed by atoms with Gasteiger partial charge >= 0.3 is 0 Å². The zero-order valence-corrected chi connectivity index (χ0v) is 11.3. The van der Waals surface area contributed by atoms with E-state index in [1.54, 1.807) is 0 Å². The second-order valence-electron chi connectivity index (χ2n) is 5.06. The number of ether oxygens (including phenoxy) is 1. The third-order valence-electron chi connectivity index (χ3n) is 3.40. The van der Waals surface area contributed by atoms with Crippen molar-refractivity contribution in [1.29, 1.82) is 0 Å². The molecule has 0 atom stereocenters. The second-order valence-corrected chi connectivity index (χ2v) is 6.01. The van der Waals surface area contributed by atoms with Crippen molar-refractivity contribution in [3.63, 3.8) is 0 Å². The Morgan fingerprint density at radius 1 is 1.53 bits per heavy atom. The molecule has 2 heterocycles. The second kappa shape index (κ2) is 5.19. The van der Waals surface area contributed by atoms with Gasteiger partial charge in [-0.3, -0.25) is 4.79 Å². The molecule has 0 aliphatic carbocycles. The largest absolute Gasteiger partial charge is 0.381 e. The smallest absolute Gasteiger partial charge is 0.263 e. The van der Waals surface area contributed by atoms with Crippen LogP contribution in [0.3, 0.4) is 0 Å². The summed E-state index contributed by atoms with van der Waals surface area (Å²) >= 11 is 1.50. The van der Waals surface area contributed by atoms with E-state index in [-0.39, 0.29) is 11.3 Å². The zero-order valence-electron chi connectivity index (χ0n) is 10.4. The zero-order chi connectivity index (χ0) is 12.3. The predicted molar refractivity (Wildman–Crippen MR) is 69.4 cm³/mol. The van der Waals surface area contributed by atoms with Gasteiger partial charge in [-0.1, -0.05) is 13.0 Å². The van der Waals surface area contributed by atoms with Crippen LogP contribution in [0.4, 0.5) is 0 Å². The minimum atomic E-state index is 0.132. The van der Waals surface area contributed by atoms with Gasteiger partial charge in [0.15, 0.2) is 0 Å². The Labute approximate surface area is 106 Å². The fourth-order valence-electron chi connectivity index (χ4n) is 2.26. The Morgan fingerprint density at radius 2 is 2.24 bits per heavy atom. The molecule has 4 heteroatoms. The van der Waals surface area contributed by atoms with Gasteiger partial charge in [0.05, 0.1) is 4.88 Å². The van der Waals surface area contributed by atoms with E-state index >= 15 is 0 Å². The van der Waals surface area contributed by atoms with Crippen LogP contribution in [0.25, 0.3) is 0 Å². The van der Waals surface area contributed by atoms with Gasteiger partial charge in [-0.05, 0) is 29.7 Å². The Hall–Kier alpha value is -0.870. The minimum absolute atomic E-state index is 0.132. The van der Waals surface area contributed by atoms with Crippen LogP contribution in [0.2, 0.25) is 0 Å². The molecule has 1 saturated heterocycles. The van der Waals surface area contributed by atoms with E-state index in [0.717, 1.165) is 37.5 Å². The van der Waals surface area contributed by atoms with E-state index in [9.17, 15) is 4.79 Å². The maximum Gasteiger partial charge on any atom is 0.263 e. The molecular weight excluding hydrogens is 234 g/mol.